The Morgan fingerprint density at radius 1 is 1.50 bits per heavy atom. The summed E-state index contributed by atoms with van der Waals surface area (Å²) in [6.07, 6.45) is 1.24. The predicted molar refractivity (Wildman–Crippen MR) is 56.4 cm³/mol. The van der Waals surface area contributed by atoms with E-state index in [9.17, 15) is 4.79 Å². The molecule has 1 aliphatic heterocycles. The smallest absolute Gasteiger partial charge is 0.223 e. The number of hydrogen-bond acceptors (Lipinski definition) is 3. The minimum atomic E-state index is 0.147. The molecule has 0 saturated heterocycles. The van der Waals surface area contributed by atoms with E-state index in [4.69, 9.17) is 5.41 Å². The highest BCUT2D eigenvalue weighted by molar-refractivity contribution is 5.97. The Bertz CT molecular complexity index is 294. The van der Waals surface area contributed by atoms with Gasteiger partial charge in [-0.2, -0.15) is 0 Å². The molecule has 0 aromatic heterocycles. The lowest BCUT2D eigenvalue weighted by atomic mass is 10.1. The molecule has 0 atom stereocenters. The van der Waals surface area contributed by atoms with E-state index in [0.29, 0.717) is 25.1 Å². The van der Waals surface area contributed by atoms with Crippen LogP contribution < -0.4 is 5.32 Å². The summed E-state index contributed by atoms with van der Waals surface area (Å²) in [4.78, 5) is 13.1. The Morgan fingerprint density at radius 2 is 2.14 bits per heavy atom. The van der Waals surface area contributed by atoms with E-state index in [1.54, 1.807) is 18.9 Å². The lowest BCUT2D eigenvalue weighted by molar-refractivity contribution is -0.129. The maximum atomic E-state index is 11.4. The van der Waals surface area contributed by atoms with E-state index in [2.05, 4.69) is 5.32 Å². The summed E-state index contributed by atoms with van der Waals surface area (Å²) in [5, 5.41) is 10.7. The first-order chi connectivity index (χ1) is 6.56. The van der Waals surface area contributed by atoms with Crippen LogP contribution in [0.3, 0.4) is 0 Å². The average molecular weight is 195 g/mol. The third-order valence-corrected chi connectivity index (χ3v) is 2.53. The first-order valence-corrected chi connectivity index (χ1v) is 4.75. The molecule has 78 valence electrons. The molecule has 0 unspecified atom stereocenters. The predicted octanol–water partition coefficient (Wildman–Crippen LogP) is 0.752. The molecule has 2 N–H and O–H groups in total. The minimum absolute atomic E-state index is 0.147. The molecule has 0 bridgehead atoms. The molecule has 0 fully saturated rings. The monoisotopic (exact) mass is 195 g/mol. The standard InChI is InChI=1S/C10H17N3O/c1-7(11)8-6-13(3)10(14)5-4-9(8)12-2/h11-12H,4-6H2,1-3H3. The number of nitrogens with one attached hydrogen (secondary N) is 2. The molecular weight excluding hydrogens is 178 g/mol. The quantitative estimate of drug-likeness (QED) is 0.639. The first-order valence-electron chi connectivity index (χ1n) is 4.75. The van der Waals surface area contributed by atoms with Gasteiger partial charge in [0.25, 0.3) is 0 Å². The van der Waals surface area contributed by atoms with Crippen LogP contribution in [0, 0.1) is 5.41 Å². The SMILES string of the molecule is CNC1=C(C(C)=N)CN(C)C(=O)CC1. The highest BCUT2D eigenvalue weighted by Crippen LogP contribution is 2.16. The number of nitrogens with zero attached hydrogens (tertiary/aromatic N) is 1. The summed E-state index contributed by atoms with van der Waals surface area (Å²) < 4.78 is 0. The number of carbonyl (C=O) groups is 1. The van der Waals surface area contributed by atoms with E-state index < -0.39 is 0 Å². The van der Waals surface area contributed by atoms with Gasteiger partial charge < -0.3 is 15.6 Å². The zero-order valence-corrected chi connectivity index (χ0v) is 8.98. The van der Waals surface area contributed by atoms with Crippen molar-refractivity contribution in [3.63, 3.8) is 0 Å². The normalized spacial score (nSPS) is 18.2. The van der Waals surface area contributed by atoms with Gasteiger partial charge in [0.05, 0.1) is 0 Å². The zero-order valence-electron chi connectivity index (χ0n) is 8.98. The molecule has 1 heterocycles. The minimum Gasteiger partial charge on any atom is -0.391 e. The van der Waals surface area contributed by atoms with Gasteiger partial charge in [0, 0.05) is 44.0 Å². The zero-order chi connectivity index (χ0) is 10.7. The second-order valence-electron chi connectivity index (χ2n) is 3.58. The summed E-state index contributed by atoms with van der Waals surface area (Å²) in [6.45, 7) is 2.31. The molecule has 0 aliphatic carbocycles. The van der Waals surface area contributed by atoms with Gasteiger partial charge in [0.2, 0.25) is 5.91 Å². The molecule has 14 heavy (non-hydrogen) atoms. The summed E-state index contributed by atoms with van der Waals surface area (Å²) in [5.74, 6) is 0.147. The van der Waals surface area contributed by atoms with Gasteiger partial charge in [-0.15, -0.1) is 0 Å². The van der Waals surface area contributed by atoms with Gasteiger partial charge >= 0.3 is 0 Å². The molecule has 1 aliphatic rings. The molecule has 1 rings (SSSR count). The number of hydrogen-bond donors (Lipinski definition) is 2. The molecular formula is C10H17N3O. The highest BCUT2D eigenvalue weighted by atomic mass is 16.2. The van der Waals surface area contributed by atoms with Crippen molar-refractivity contribution in [1.82, 2.24) is 10.2 Å². The fourth-order valence-electron chi connectivity index (χ4n) is 1.62. The van der Waals surface area contributed by atoms with Crippen molar-refractivity contribution < 1.29 is 4.79 Å². The summed E-state index contributed by atoms with van der Waals surface area (Å²) in [6, 6.07) is 0. The number of likely N-dealkylation sites (N-methyl/N-ethyl adjacent to an activating group) is 1. The number of carbonyl (C=O) groups excluding carboxylic acids is 1. The van der Waals surface area contributed by atoms with Crippen LogP contribution in [0.25, 0.3) is 0 Å². The lowest BCUT2D eigenvalue weighted by Gasteiger charge is -2.16. The van der Waals surface area contributed by atoms with E-state index in [0.717, 1.165) is 11.3 Å². The molecule has 0 spiro atoms. The van der Waals surface area contributed by atoms with Crippen molar-refractivity contribution in [2.24, 2.45) is 0 Å². The Morgan fingerprint density at radius 3 is 2.64 bits per heavy atom. The molecule has 4 heteroatoms. The van der Waals surface area contributed by atoms with Gasteiger partial charge in [-0.25, -0.2) is 0 Å². The van der Waals surface area contributed by atoms with E-state index in [-0.39, 0.29) is 5.91 Å². The maximum absolute atomic E-state index is 11.4. The third-order valence-electron chi connectivity index (χ3n) is 2.53. The molecule has 0 aromatic carbocycles. The topological polar surface area (TPSA) is 56.2 Å². The Labute approximate surface area is 84.5 Å². The molecule has 0 aromatic rings. The second kappa shape index (κ2) is 4.26. The van der Waals surface area contributed by atoms with Gasteiger partial charge in [-0.3, -0.25) is 4.79 Å². The van der Waals surface area contributed by atoms with Crippen molar-refractivity contribution in [1.29, 1.82) is 5.41 Å². The summed E-state index contributed by atoms with van der Waals surface area (Å²) >= 11 is 0. The largest absolute Gasteiger partial charge is 0.391 e. The van der Waals surface area contributed by atoms with Gasteiger partial charge in [-0.05, 0) is 13.3 Å². The fourth-order valence-corrected chi connectivity index (χ4v) is 1.62. The Kier molecular flexibility index (Phi) is 3.28. The number of rotatable bonds is 2. The third kappa shape index (κ3) is 2.13. The van der Waals surface area contributed by atoms with Gasteiger partial charge in [-0.1, -0.05) is 0 Å². The average Bonchev–Trinajstić information content (AvgIpc) is 2.28. The van der Waals surface area contributed by atoms with Crippen LogP contribution >= 0.6 is 0 Å². The molecule has 0 saturated carbocycles. The number of allylic oxidation sites excluding steroid dienone is 1. The van der Waals surface area contributed by atoms with Gasteiger partial charge in [0.15, 0.2) is 0 Å². The summed E-state index contributed by atoms with van der Waals surface area (Å²) in [7, 11) is 3.62. The molecule has 0 radical (unpaired) electrons. The van der Waals surface area contributed by atoms with Crippen LogP contribution in [0.15, 0.2) is 11.3 Å². The van der Waals surface area contributed by atoms with Crippen molar-refractivity contribution in [2.75, 3.05) is 20.6 Å². The van der Waals surface area contributed by atoms with Crippen molar-refractivity contribution >= 4 is 11.6 Å². The van der Waals surface area contributed by atoms with E-state index in [1.807, 2.05) is 7.05 Å². The van der Waals surface area contributed by atoms with Gasteiger partial charge in [0.1, 0.15) is 0 Å². The Hall–Kier alpha value is -1.32. The lowest BCUT2D eigenvalue weighted by Crippen LogP contribution is -2.28. The maximum Gasteiger partial charge on any atom is 0.223 e. The van der Waals surface area contributed by atoms with Crippen LogP contribution in [0.1, 0.15) is 19.8 Å². The van der Waals surface area contributed by atoms with Crippen molar-refractivity contribution in [2.45, 2.75) is 19.8 Å². The van der Waals surface area contributed by atoms with Crippen LogP contribution in [-0.4, -0.2) is 37.2 Å². The van der Waals surface area contributed by atoms with E-state index in [1.165, 1.54) is 0 Å². The second-order valence-corrected chi connectivity index (χ2v) is 3.58. The van der Waals surface area contributed by atoms with Crippen LogP contribution in [0.5, 0.6) is 0 Å². The first kappa shape index (κ1) is 10.8. The summed E-state index contributed by atoms with van der Waals surface area (Å²) in [5.41, 5.74) is 2.51. The van der Waals surface area contributed by atoms with Crippen LogP contribution in [-0.2, 0) is 4.79 Å². The number of amides is 1. The highest BCUT2D eigenvalue weighted by Gasteiger charge is 2.19. The molecule has 1 amide bonds. The van der Waals surface area contributed by atoms with Crippen molar-refractivity contribution in [3.8, 4) is 0 Å². The Balaban J connectivity index is 2.97. The van der Waals surface area contributed by atoms with Crippen LogP contribution in [0.2, 0.25) is 0 Å². The fraction of sp³-hybridized carbons (Fsp3) is 0.600. The van der Waals surface area contributed by atoms with Crippen LogP contribution in [0.4, 0.5) is 0 Å². The molecule has 4 nitrogen and oxygen atoms in total. The van der Waals surface area contributed by atoms with E-state index >= 15 is 0 Å². The van der Waals surface area contributed by atoms with Crippen molar-refractivity contribution in [3.05, 3.63) is 11.3 Å².